The fourth-order valence-electron chi connectivity index (χ4n) is 3.75. The monoisotopic (exact) mass is 456 g/mol. The van der Waals surface area contributed by atoms with Gasteiger partial charge in [-0.05, 0) is 42.9 Å². The van der Waals surface area contributed by atoms with Gasteiger partial charge in [0, 0.05) is 11.4 Å². The number of para-hydroxylation sites is 1. The molecule has 0 aliphatic heterocycles. The Labute approximate surface area is 187 Å². The minimum atomic E-state index is -0.524. The number of hydrogen-bond acceptors (Lipinski definition) is 6. The number of benzene rings is 1. The SMILES string of the molecule is C[C@@H]1CCc2c(sc3nc(SCC(=O)NCCC#N)n(-c4ccccc4F)c(=O)c23)C1. The molecule has 0 fully saturated rings. The number of rotatable bonds is 6. The summed E-state index contributed by atoms with van der Waals surface area (Å²) in [5, 5.41) is 12.1. The van der Waals surface area contributed by atoms with Crippen LogP contribution in [0.25, 0.3) is 15.9 Å². The lowest BCUT2D eigenvalue weighted by atomic mass is 9.89. The second kappa shape index (κ2) is 9.20. The second-order valence-corrected chi connectivity index (χ2v) is 9.59. The number of nitrogens with zero attached hydrogens (tertiary/aromatic N) is 3. The van der Waals surface area contributed by atoms with Crippen molar-refractivity contribution in [2.24, 2.45) is 5.92 Å². The first-order chi connectivity index (χ1) is 15.0. The Morgan fingerprint density at radius 2 is 2.26 bits per heavy atom. The zero-order valence-corrected chi connectivity index (χ0v) is 18.6. The zero-order chi connectivity index (χ0) is 22.0. The van der Waals surface area contributed by atoms with E-state index in [1.807, 2.05) is 6.07 Å². The molecule has 1 aliphatic rings. The molecule has 1 atom stereocenters. The number of aryl methyl sites for hydroxylation is 1. The van der Waals surface area contributed by atoms with Crippen molar-refractivity contribution in [1.29, 1.82) is 5.26 Å². The first-order valence-corrected chi connectivity index (χ1v) is 11.9. The maximum absolute atomic E-state index is 14.7. The highest BCUT2D eigenvalue weighted by molar-refractivity contribution is 7.99. The van der Waals surface area contributed by atoms with Crippen molar-refractivity contribution in [3.63, 3.8) is 0 Å². The number of aromatic nitrogens is 2. The molecular formula is C22H21FN4O2S2. The third kappa shape index (κ3) is 4.36. The van der Waals surface area contributed by atoms with Crippen molar-refractivity contribution >= 4 is 39.2 Å². The lowest BCUT2D eigenvalue weighted by Gasteiger charge is -2.18. The van der Waals surface area contributed by atoms with Gasteiger partial charge in [0.2, 0.25) is 5.91 Å². The molecule has 1 amide bonds. The maximum Gasteiger partial charge on any atom is 0.267 e. The van der Waals surface area contributed by atoms with Gasteiger partial charge >= 0.3 is 0 Å². The maximum atomic E-state index is 14.7. The molecule has 0 bridgehead atoms. The van der Waals surface area contributed by atoms with Gasteiger partial charge in [0.25, 0.3) is 5.56 Å². The number of amides is 1. The molecule has 0 saturated carbocycles. The number of halogens is 1. The lowest BCUT2D eigenvalue weighted by Crippen LogP contribution is -2.27. The molecule has 6 nitrogen and oxygen atoms in total. The van der Waals surface area contributed by atoms with Crippen molar-refractivity contribution in [1.82, 2.24) is 14.9 Å². The van der Waals surface area contributed by atoms with Crippen LogP contribution in [0.4, 0.5) is 4.39 Å². The molecule has 31 heavy (non-hydrogen) atoms. The topological polar surface area (TPSA) is 87.8 Å². The third-order valence-corrected chi connectivity index (χ3v) is 7.37. The van der Waals surface area contributed by atoms with Crippen LogP contribution in [0.1, 0.15) is 30.2 Å². The Bertz CT molecular complexity index is 1240. The molecule has 9 heteroatoms. The summed E-state index contributed by atoms with van der Waals surface area (Å²) >= 11 is 2.61. The van der Waals surface area contributed by atoms with E-state index in [9.17, 15) is 14.0 Å². The van der Waals surface area contributed by atoms with Gasteiger partial charge in [-0.25, -0.2) is 9.37 Å². The van der Waals surface area contributed by atoms with Gasteiger partial charge in [-0.15, -0.1) is 11.3 Å². The van der Waals surface area contributed by atoms with E-state index in [-0.39, 0.29) is 41.0 Å². The smallest absolute Gasteiger partial charge is 0.267 e. The first-order valence-electron chi connectivity index (χ1n) is 10.1. The number of thiophene rings is 1. The molecule has 1 N–H and O–H groups in total. The van der Waals surface area contributed by atoms with E-state index >= 15 is 0 Å². The highest BCUT2D eigenvalue weighted by Crippen LogP contribution is 2.37. The van der Waals surface area contributed by atoms with Crippen LogP contribution in [-0.4, -0.2) is 27.8 Å². The van der Waals surface area contributed by atoms with Crippen molar-refractivity contribution in [3.05, 3.63) is 50.9 Å². The molecule has 0 radical (unpaired) electrons. The highest BCUT2D eigenvalue weighted by Gasteiger charge is 2.26. The number of nitriles is 1. The fourth-order valence-corrected chi connectivity index (χ4v) is 6.01. The molecule has 4 rings (SSSR count). The lowest BCUT2D eigenvalue weighted by molar-refractivity contribution is -0.118. The average Bonchev–Trinajstić information content (AvgIpc) is 3.11. The second-order valence-electron chi connectivity index (χ2n) is 7.57. The molecular weight excluding hydrogens is 435 g/mol. The summed E-state index contributed by atoms with van der Waals surface area (Å²) in [6.45, 7) is 2.46. The zero-order valence-electron chi connectivity index (χ0n) is 17.0. The van der Waals surface area contributed by atoms with Crippen LogP contribution < -0.4 is 10.9 Å². The summed E-state index contributed by atoms with van der Waals surface area (Å²) in [7, 11) is 0. The summed E-state index contributed by atoms with van der Waals surface area (Å²) < 4.78 is 15.9. The number of carbonyl (C=O) groups is 1. The molecule has 2 heterocycles. The van der Waals surface area contributed by atoms with E-state index in [0.717, 1.165) is 36.6 Å². The van der Waals surface area contributed by atoms with E-state index in [0.29, 0.717) is 16.1 Å². The third-order valence-electron chi connectivity index (χ3n) is 5.28. The van der Waals surface area contributed by atoms with E-state index < -0.39 is 5.82 Å². The fraction of sp³-hybridized carbons (Fsp3) is 0.364. The van der Waals surface area contributed by atoms with Crippen molar-refractivity contribution < 1.29 is 9.18 Å². The molecule has 1 aliphatic carbocycles. The summed E-state index contributed by atoms with van der Waals surface area (Å²) in [6, 6.07) is 8.06. The summed E-state index contributed by atoms with van der Waals surface area (Å²) in [6.07, 6.45) is 2.97. The Kier molecular flexibility index (Phi) is 6.39. The van der Waals surface area contributed by atoms with Gasteiger partial charge in [-0.3, -0.25) is 14.2 Å². The van der Waals surface area contributed by atoms with Gasteiger partial charge < -0.3 is 5.32 Å². The normalized spacial score (nSPS) is 15.5. The summed E-state index contributed by atoms with van der Waals surface area (Å²) in [5.41, 5.74) is 0.861. The molecule has 0 unspecified atom stereocenters. The number of thioether (sulfide) groups is 1. The van der Waals surface area contributed by atoms with Gasteiger partial charge in [-0.1, -0.05) is 30.8 Å². The number of fused-ring (bicyclic) bond motifs is 3. The number of nitrogens with one attached hydrogen (secondary N) is 1. The van der Waals surface area contributed by atoms with Crippen LogP contribution in [0.2, 0.25) is 0 Å². The highest BCUT2D eigenvalue weighted by atomic mass is 32.2. The average molecular weight is 457 g/mol. The van der Waals surface area contributed by atoms with E-state index in [1.165, 1.54) is 26.8 Å². The van der Waals surface area contributed by atoms with Crippen molar-refractivity contribution in [2.45, 2.75) is 37.8 Å². The predicted octanol–water partition coefficient (Wildman–Crippen LogP) is 3.83. The minimum Gasteiger partial charge on any atom is -0.354 e. The van der Waals surface area contributed by atoms with E-state index in [1.54, 1.807) is 18.2 Å². The Hall–Kier alpha value is -2.70. The van der Waals surface area contributed by atoms with Gasteiger partial charge in [0.1, 0.15) is 10.6 Å². The predicted molar refractivity (Wildman–Crippen MR) is 120 cm³/mol. The van der Waals surface area contributed by atoms with Crippen LogP contribution in [0.15, 0.2) is 34.2 Å². The van der Waals surface area contributed by atoms with Crippen LogP contribution >= 0.6 is 23.1 Å². The molecule has 2 aromatic heterocycles. The number of hydrogen-bond donors (Lipinski definition) is 1. The van der Waals surface area contributed by atoms with E-state index in [2.05, 4.69) is 12.2 Å². The quantitative estimate of drug-likeness (QED) is 0.346. The molecule has 0 spiro atoms. The van der Waals surface area contributed by atoms with Crippen LogP contribution in [0.3, 0.4) is 0 Å². The Balaban J connectivity index is 1.79. The van der Waals surface area contributed by atoms with Crippen LogP contribution in [0, 0.1) is 23.1 Å². The molecule has 3 aromatic rings. The Morgan fingerprint density at radius 1 is 1.45 bits per heavy atom. The largest absolute Gasteiger partial charge is 0.354 e. The molecule has 0 saturated heterocycles. The standard InChI is InChI=1S/C22H21FN4O2S2/c1-13-7-8-14-17(11-13)31-20-19(14)21(29)27(16-6-3-2-5-15(16)23)22(26-20)30-12-18(28)25-10-4-9-24/h2-3,5-6,13H,4,7-8,10-12H2,1H3,(H,25,28)/t13-/m1/s1. The summed E-state index contributed by atoms with van der Waals surface area (Å²) in [5.74, 6) is -0.224. The van der Waals surface area contributed by atoms with Crippen LogP contribution in [-0.2, 0) is 17.6 Å². The van der Waals surface area contributed by atoms with Crippen LogP contribution in [0.5, 0.6) is 0 Å². The van der Waals surface area contributed by atoms with Gasteiger partial charge in [0.05, 0.1) is 29.3 Å². The van der Waals surface area contributed by atoms with Gasteiger partial charge in [-0.2, -0.15) is 5.26 Å². The van der Waals surface area contributed by atoms with E-state index in [4.69, 9.17) is 10.2 Å². The number of carbonyl (C=O) groups excluding carboxylic acids is 1. The van der Waals surface area contributed by atoms with Gasteiger partial charge in [0.15, 0.2) is 5.16 Å². The minimum absolute atomic E-state index is 0.0138. The van der Waals surface area contributed by atoms with Crippen molar-refractivity contribution in [2.75, 3.05) is 12.3 Å². The Morgan fingerprint density at radius 3 is 3.03 bits per heavy atom. The molecule has 160 valence electrons. The van der Waals surface area contributed by atoms with Crippen molar-refractivity contribution in [3.8, 4) is 11.8 Å². The molecule has 1 aromatic carbocycles. The first kappa shape index (κ1) is 21.5. The summed E-state index contributed by atoms with van der Waals surface area (Å²) in [4.78, 5) is 32.2.